The standard InChI is InChI=1S/C9H16O3/c1-7(10)9(8(11)12)5-3-2-4-6-9/h7,10H,2-6H2,1H3,(H,11,12). The van der Waals surface area contributed by atoms with Gasteiger partial charge in [0.2, 0.25) is 0 Å². The second-order valence-corrected chi connectivity index (χ2v) is 3.70. The Balaban J connectivity index is 2.77. The van der Waals surface area contributed by atoms with Crippen molar-refractivity contribution >= 4 is 5.97 Å². The summed E-state index contributed by atoms with van der Waals surface area (Å²) in [5.74, 6) is -0.836. The topological polar surface area (TPSA) is 57.5 Å². The van der Waals surface area contributed by atoms with Crippen LogP contribution in [0.15, 0.2) is 0 Å². The molecule has 0 aliphatic heterocycles. The van der Waals surface area contributed by atoms with Crippen LogP contribution in [0.4, 0.5) is 0 Å². The number of aliphatic carboxylic acids is 1. The molecule has 12 heavy (non-hydrogen) atoms. The van der Waals surface area contributed by atoms with Gasteiger partial charge in [-0.3, -0.25) is 4.79 Å². The summed E-state index contributed by atoms with van der Waals surface area (Å²) < 4.78 is 0. The molecule has 0 spiro atoms. The lowest BCUT2D eigenvalue weighted by Gasteiger charge is -2.35. The molecule has 3 heteroatoms. The predicted molar refractivity (Wildman–Crippen MR) is 44.8 cm³/mol. The van der Waals surface area contributed by atoms with Gasteiger partial charge in [-0.1, -0.05) is 19.3 Å². The van der Waals surface area contributed by atoms with Gasteiger partial charge < -0.3 is 10.2 Å². The Morgan fingerprint density at radius 1 is 1.33 bits per heavy atom. The van der Waals surface area contributed by atoms with Gasteiger partial charge in [-0.25, -0.2) is 0 Å². The van der Waals surface area contributed by atoms with Crippen molar-refractivity contribution in [3.8, 4) is 0 Å². The number of carbonyl (C=O) groups is 1. The van der Waals surface area contributed by atoms with Crippen LogP contribution in [0.5, 0.6) is 0 Å². The van der Waals surface area contributed by atoms with Gasteiger partial charge in [-0.2, -0.15) is 0 Å². The molecule has 3 nitrogen and oxygen atoms in total. The molecule has 1 unspecified atom stereocenters. The number of hydrogen-bond donors (Lipinski definition) is 2. The fourth-order valence-electron chi connectivity index (χ4n) is 1.99. The maximum atomic E-state index is 11.0. The Hall–Kier alpha value is -0.570. The second kappa shape index (κ2) is 3.44. The van der Waals surface area contributed by atoms with Crippen LogP contribution in [0.1, 0.15) is 39.0 Å². The van der Waals surface area contributed by atoms with E-state index in [4.69, 9.17) is 5.11 Å². The van der Waals surface area contributed by atoms with Crippen molar-refractivity contribution in [3.63, 3.8) is 0 Å². The molecule has 1 atom stereocenters. The minimum atomic E-state index is -0.849. The molecule has 0 heterocycles. The van der Waals surface area contributed by atoms with E-state index >= 15 is 0 Å². The normalized spacial score (nSPS) is 24.8. The summed E-state index contributed by atoms with van der Waals surface area (Å²) in [6.45, 7) is 1.58. The van der Waals surface area contributed by atoms with Crippen molar-refractivity contribution in [3.05, 3.63) is 0 Å². The molecule has 2 N–H and O–H groups in total. The van der Waals surface area contributed by atoms with E-state index in [0.717, 1.165) is 19.3 Å². The first-order chi connectivity index (χ1) is 5.59. The Kier molecular flexibility index (Phi) is 2.73. The van der Waals surface area contributed by atoms with E-state index in [1.807, 2.05) is 0 Å². The van der Waals surface area contributed by atoms with Gasteiger partial charge in [-0.05, 0) is 19.8 Å². The SMILES string of the molecule is CC(O)C1(C(=O)O)CCCCC1. The molecule has 0 amide bonds. The number of carboxylic acids is 1. The lowest BCUT2D eigenvalue weighted by atomic mass is 9.71. The van der Waals surface area contributed by atoms with Crippen LogP contribution in [-0.2, 0) is 4.79 Å². The van der Waals surface area contributed by atoms with Gasteiger partial charge >= 0.3 is 5.97 Å². The third-order valence-electron chi connectivity index (χ3n) is 2.97. The Morgan fingerprint density at radius 3 is 2.08 bits per heavy atom. The van der Waals surface area contributed by atoms with Gasteiger partial charge in [-0.15, -0.1) is 0 Å². The van der Waals surface area contributed by atoms with Crippen LogP contribution in [0.3, 0.4) is 0 Å². The van der Waals surface area contributed by atoms with E-state index in [0.29, 0.717) is 12.8 Å². The van der Waals surface area contributed by atoms with Crippen molar-refractivity contribution in [1.82, 2.24) is 0 Å². The zero-order valence-electron chi connectivity index (χ0n) is 7.42. The fourth-order valence-corrected chi connectivity index (χ4v) is 1.99. The van der Waals surface area contributed by atoms with E-state index in [1.165, 1.54) is 0 Å². The third kappa shape index (κ3) is 1.46. The van der Waals surface area contributed by atoms with Crippen LogP contribution in [0, 0.1) is 5.41 Å². The zero-order chi connectivity index (χ0) is 9.19. The molecular weight excluding hydrogens is 156 g/mol. The zero-order valence-corrected chi connectivity index (χ0v) is 7.42. The first-order valence-corrected chi connectivity index (χ1v) is 4.51. The highest BCUT2D eigenvalue weighted by atomic mass is 16.4. The molecule has 1 saturated carbocycles. The smallest absolute Gasteiger partial charge is 0.312 e. The first-order valence-electron chi connectivity index (χ1n) is 4.51. The Morgan fingerprint density at radius 2 is 1.83 bits per heavy atom. The third-order valence-corrected chi connectivity index (χ3v) is 2.97. The molecular formula is C9H16O3. The summed E-state index contributed by atoms with van der Waals surface area (Å²) in [6.07, 6.45) is 3.48. The number of hydrogen-bond acceptors (Lipinski definition) is 2. The molecule has 1 fully saturated rings. The summed E-state index contributed by atoms with van der Waals surface area (Å²) in [5.41, 5.74) is -0.849. The van der Waals surface area contributed by atoms with E-state index in [2.05, 4.69) is 0 Å². The largest absolute Gasteiger partial charge is 0.481 e. The Labute approximate surface area is 72.4 Å². The van der Waals surface area contributed by atoms with Crippen LogP contribution in [0.25, 0.3) is 0 Å². The number of aliphatic hydroxyl groups excluding tert-OH is 1. The van der Waals surface area contributed by atoms with Crippen molar-refractivity contribution in [1.29, 1.82) is 0 Å². The van der Waals surface area contributed by atoms with Crippen molar-refractivity contribution < 1.29 is 15.0 Å². The molecule has 1 aliphatic rings. The minimum Gasteiger partial charge on any atom is -0.481 e. The average Bonchev–Trinajstić information content (AvgIpc) is 2.05. The van der Waals surface area contributed by atoms with Gasteiger partial charge in [0.05, 0.1) is 11.5 Å². The highest BCUT2D eigenvalue weighted by Crippen LogP contribution is 2.39. The lowest BCUT2D eigenvalue weighted by Crippen LogP contribution is -2.42. The summed E-state index contributed by atoms with van der Waals surface area (Å²) in [7, 11) is 0. The summed E-state index contributed by atoms with van der Waals surface area (Å²) in [6, 6.07) is 0. The molecule has 0 saturated heterocycles. The molecule has 0 aromatic rings. The summed E-state index contributed by atoms with van der Waals surface area (Å²) in [5, 5.41) is 18.4. The van der Waals surface area contributed by atoms with E-state index in [1.54, 1.807) is 6.92 Å². The highest BCUT2D eigenvalue weighted by Gasteiger charge is 2.43. The summed E-state index contributed by atoms with van der Waals surface area (Å²) in [4.78, 5) is 11.0. The van der Waals surface area contributed by atoms with E-state index in [-0.39, 0.29) is 0 Å². The molecule has 0 aromatic carbocycles. The van der Waals surface area contributed by atoms with Crippen LogP contribution >= 0.6 is 0 Å². The number of aliphatic hydroxyl groups is 1. The van der Waals surface area contributed by atoms with Crippen molar-refractivity contribution in [2.24, 2.45) is 5.41 Å². The molecule has 0 radical (unpaired) electrons. The van der Waals surface area contributed by atoms with Gasteiger partial charge in [0.1, 0.15) is 0 Å². The number of rotatable bonds is 2. The van der Waals surface area contributed by atoms with E-state index in [9.17, 15) is 9.90 Å². The van der Waals surface area contributed by atoms with Crippen LogP contribution in [-0.4, -0.2) is 22.3 Å². The molecule has 1 aliphatic carbocycles. The van der Waals surface area contributed by atoms with Crippen LogP contribution in [0.2, 0.25) is 0 Å². The predicted octanol–water partition coefficient (Wildman–Crippen LogP) is 1.40. The van der Waals surface area contributed by atoms with Gasteiger partial charge in [0.15, 0.2) is 0 Å². The monoisotopic (exact) mass is 172 g/mol. The lowest BCUT2D eigenvalue weighted by molar-refractivity contribution is -0.159. The quantitative estimate of drug-likeness (QED) is 0.662. The van der Waals surface area contributed by atoms with E-state index < -0.39 is 17.5 Å². The number of carboxylic acid groups (broad SMARTS) is 1. The van der Waals surface area contributed by atoms with Crippen molar-refractivity contribution in [2.45, 2.75) is 45.1 Å². The highest BCUT2D eigenvalue weighted by molar-refractivity contribution is 5.75. The minimum absolute atomic E-state index is 0.625. The Bertz CT molecular complexity index is 169. The second-order valence-electron chi connectivity index (χ2n) is 3.70. The van der Waals surface area contributed by atoms with Gasteiger partial charge in [0.25, 0.3) is 0 Å². The fraction of sp³-hybridized carbons (Fsp3) is 0.889. The maximum absolute atomic E-state index is 11.0. The maximum Gasteiger partial charge on any atom is 0.312 e. The molecule has 0 aromatic heterocycles. The molecule has 1 rings (SSSR count). The van der Waals surface area contributed by atoms with Gasteiger partial charge in [0, 0.05) is 0 Å². The van der Waals surface area contributed by atoms with Crippen molar-refractivity contribution in [2.75, 3.05) is 0 Å². The molecule has 70 valence electrons. The average molecular weight is 172 g/mol. The molecule has 0 bridgehead atoms. The summed E-state index contributed by atoms with van der Waals surface area (Å²) >= 11 is 0. The van der Waals surface area contributed by atoms with Crippen LogP contribution < -0.4 is 0 Å². The first kappa shape index (κ1) is 9.52.